The molecule has 1 heterocycles. The summed E-state index contributed by atoms with van der Waals surface area (Å²) in [7, 11) is 0. The molecule has 118 valence electrons. The summed E-state index contributed by atoms with van der Waals surface area (Å²) in [5.74, 6) is 1.93. The Labute approximate surface area is 142 Å². The van der Waals surface area contributed by atoms with E-state index >= 15 is 0 Å². The quantitative estimate of drug-likeness (QED) is 0.688. The Hall–Kier alpha value is -2.34. The van der Waals surface area contributed by atoms with Gasteiger partial charge in [-0.2, -0.15) is 4.98 Å². The third-order valence-electron chi connectivity index (χ3n) is 3.16. The predicted molar refractivity (Wildman–Crippen MR) is 92.4 cm³/mol. The molecular formula is C17H16BrN3O2. The van der Waals surface area contributed by atoms with Gasteiger partial charge in [0, 0.05) is 15.7 Å². The van der Waals surface area contributed by atoms with E-state index in [4.69, 9.17) is 9.26 Å². The first-order valence-electron chi connectivity index (χ1n) is 7.30. The Bertz CT molecular complexity index is 772. The molecule has 5 nitrogen and oxygen atoms in total. The number of ether oxygens (including phenoxy) is 1. The molecule has 0 bridgehead atoms. The first kappa shape index (κ1) is 15.6. The van der Waals surface area contributed by atoms with Gasteiger partial charge in [0.05, 0.1) is 13.2 Å². The molecule has 1 N–H and O–H groups in total. The van der Waals surface area contributed by atoms with Crippen LogP contribution >= 0.6 is 15.9 Å². The fourth-order valence-corrected chi connectivity index (χ4v) is 2.49. The Morgan fingerprint density at radius 3 is 2.74 bits per heavy atom. The molecule has 0 atom stereocenters. The van der Waals surface area contributed by atoms with Gasteiger partial charge in [-0.15, -0.1) is 0 Å². The van der Waals surface area contributed by atoms with Crippen LogP contribution in [0.3, 0.4) is 0 Å². The number of rotatable bonds is 6. The van der Waals surface area contributed by atoms with Crippen LogP contribution in [0.15, 0.2) is 57.5 Å². The van der Waals surface area contributed by atoms with Crippen molar-refractivity contribution in [3.05, 3.63) is 58.9 Å². The van der Waals surface area contributed by atoms with Crippen LogP contribution in [-0.2, 0) is 6.54 Å². The van der Waals surface area contributed by atoms with E-state index in [1.807, 2.05) is 55.5 Å². The maximum atomic E-state index is 5.42. The van der Waals surface area contributed by atoms with Gasteiger partial charge in [0.1, 0.15) is 5.75 Å². The number of nitrogens with zero attached hydrogens (tertiary/aromatic N) is 2. The van der Waals surface area contributed by atoms with E-state index < -0.39 is 0 Å². The van der Waals surface area contributed by atoms with E-state index in [1.54, 1.807) is 0 Å². The second-order valence-corrected chi connectivity index (χ2v) is 5.75. The van der Waals surface area contributed by atoms with Crippen molar-refractivity contribution >= 4 is 21.6 Å². The Morgan fingerprint density at radius 1 is 1.17 bits per heavy atom. The van der Waals surface area contributed by atoms with Gasteiger partial charge >= 0.3 is 0 Å². The maximum absolute atomic E-state index is 5.42. The number of benzene rings is 2. The lowest BCUT2D eigenvalue weighted by molar-refractivity contribution is 0.340. The lowest BCUT2D eigenvalue weighted by Gasteiger charge is -2.03. The van der Waals surface area contributed by atoms with Crippen LogP contribution in [0.5, 0.6) is 5.75 Å². The zero-order valence-electron chi connectivity index (χ0n) is 12.6. The normalized spacial score (nSPS) is 10.5. The van der Waals surface area contributed by atoms with E-state index in [2.05, 4.69) is 31.4 Å². The van der Waals surface area contributed by atoms with Crippen LogP contribution in [0.2, 0.25) is 0 Å². The molecule has 0 aliphatic rings. The van der Waals surface area contributed by atoms with Crippen molar-refractivity contribution in [3.8, 4) is 17.1 Å². The van der Waals surface area contributed by atoms with Crippen LogP contribution in [0.1, 0.15) is 12.8 Å². The average Bonchev–Trinajstić information content (AvgIpc) is 3.03. The predicted octanol–water partition coefficient (Wildman–Crippen LogP) is 4.51. The average molecular weight is 374 g/mol. The number of hydrogen-bond acceptors (Lipinski definition) is 5. The zero-order valence-corrected chi connectivity index (χ0v) is 14.2. The van der Waals surface area contributed by atoms with Gasteiger partial charge in [-0.25, -0.2) is 0 Å². The summed E-state index contributed by atoms with van der Waals surface area (Å²) >= 11 is 3.44. The molecule has 0 saturated carbocycles. The molecular weight excluding hydrogens is 358 g/mol. The van der Waals surface area contributed by atoms with Gasteiger partial charge in [0.2, 0.25) is 11.7 Å². The lowest BCUT2D eigenvalue weighted by atomic mass is 10.2. The monoisotopic (exact) mass is 373 g/mol. The highest BCUT2D eigenvalue weighted by atomic mass is 79.9. The minimum absolute atomic E-state index is 0.473. The third-order valence-corrected chi connectivity index (χ3v) is 3.65. The molecule has 0 unspecified atom stereocenters. The van der Waals surface area contributed by atoms with Crippen LogP contribution in [0, 0.1) is 0 Å². The van der Waals surface area contributed by atoms with Gasteiger partial charge in [-0.05, 0) is 49.4 Å². The van der Waals surface area contributed by atoms with Gasteiger partial charge in [0.25, 0.3) is 0 Å². The summed E-state index contributed by atoms with van der Waals surface area (Å²) < 4.78 is 11.7. The van der Waals surface area contributed by atoms with Crippen molar-refractivity contribution in [2.24, 2.45) is 0 Å². The Balaban J connectivity index is 1.65. The van der Waals surface area contributed by atoms with Crippen LogP contribution < -0.4 is 10.1 Å². The molecule has 0 aliphatic heterocycles. The summed E-state index contributed by atoms with van der Waals surface area (Å²) in [4.78, 5) is 4.40. The molecule has 1 aromatic heterocycles. The highest BCUT2D eigenvalue weighted by molar-refractivity contribution is 9.10. The molecule has 3 aromatic rings. The molecule has 0 amide bonds. The number of anilines is 1. The molecule has 0 saturated heterocycles. The molecule has 0 fully saturated rings. The minimum Gasteiger partial charge on any atom is -0.494 e. The lowest BCUT2D eigenvalue weighted by Crippen LogP contribution is -1.99. The smallest absolute Gasteiger partial charge is 0.246 e. The van der Waals surface area contributed by atoms with E-state index in [0.717, 1.165) is 21.5 Å². The first-order valence-corrected chi connectivity index (χ1v) is 8.09. The molecule has 6 heteroatoms. The number of hydrogen-bond donors (Lipinski definition) is 1. The van der Waals surface area contributed by atoms with Crippen LogP contribution in [0.4, 0.5) is 5.69 Å². The SMILES string of the molecule is CCOc1ccc(-c2noc(CNc3cccc(Br)c3)n2)cc1. The van der Waals surface area contributed by atoms with Crippen molar-refractivity contribution < 1.29 is 9.26 Å². The molecule has 3 rings (SSSR count). The van der Waals surface area contributed by atoms with E-state index in [-0.39, 0.29) is 0 Å². The van der Waals surface area contributed by atoms with E-state index in [0.29, 0.717) is 24.9 Å². The summed E-state index contributed by atoms with van der Waals surface area (Å²) in [6.45, 7) is 3.07. The highest BCUT2D eigenvalue weighted by Crippen LogP contribution is 2.21. The van der Waals surface area contributed by atoms with Crippen molar-refractivity contribution in [2.45, 2.75) is 13.5 Å². The van der Waals surface area contributed by atoms with Crippen molar-refractivity contribution in [1.29, 1.82) is 0 Å². The van der Waals surface area contributed by atoms with Gasteiger partial charge < -0.3 is 14.6 Å². The number of nitrogens with one attached hydrogen (secondary N) is 1. The van der Waals surface area contributed by atoms with Gasteiger partial charge in [0.15, 0.2) is 0 Å². The molecule has 0 radical (unpaired) electrons. The first-order chi connectivity index (χ1) is 11.2. The Morgan fingerprint density at radius 2 is 2.00 bits per heavy atom. The standard InChI is InChI=1S/C17H16BrN3O2/c1-2-22-15-8-6-12(7-9-15)17-20-16(23-21-17)11-19-14-5-3-4-13(18)10-14/h3-10,19H,2,11H2,1H3. The summed E-state index contributed by atoms with van der Waals surface area (Å²) in [5.41, 5.74) is 1.88. The van der Waals surface area contributed by atoms with Crippen molar-refractivity contribution in [1.82, 2.24) is 10.1 Å². The van der Waals surface area contributed by atoms with Crippen LogP contribution in [-0.4, -0.2) is 16.7 Å². The second kappa shape index (κ2) is 7.28. The Kier molecular flexibility index (Phi) is 4.92. The third kappa shape index (κ3) is 4.10. The number of aromatic nitrogens is 2. The molecule has 0 aliphatic carbocycles. The van der Waals surface area contributed by atoms with Gasteiger partial charge in [-0.1, -0.05) is 27.2 Å². The highest BCUT2D eigenvalue weighted by Gasteiger charge is 2.08. The fourth-order valence-electron chi connectivity index (χ4n) is 2.09. The summed E-state index contributed by atoms with van der Waals surface area (Å²) in [6.07, 6.45) is 0. The topological polar surface area (TPSA) is 60.2 Å². The van der Waals surface area contributed by atoms with Crippen molar-refractivity contribution in [2.75, 3.05) is 11.9 Å². The zero-order chi connectivity index (χ0) is 16.1. The maximum Gasteiger partial charge on any atom is 0.246 e. The second-order valence-electron chi connectivity index (χ2n) is 4.83. The minimum atomic E-state index is 0.473. The van der Waals surface area contributed by atoms with E-state index in [1.165, 1.54) is 0 Å². The number of halogens is 1. The largest absolute Gasteiger partial charge is 0.494 e. The van der Waals surface area contributed by atoms with E-state index in [9.17, 15) is 0 Å². The van der Waals surface area contributed by atoms with Crippen molar-refractivity contribution in [3.63, 3.8) is 0 Å². The fraction of sp³-hybridized carbons (Fsp3) is 0.176. The summed E-state index contributed by atoms with van der Waals surface area (Å²) in [6, 6.07) is 15.5. The van der Waals surface area contributed by atoms with Crippen LogP contribution in [0.25, 0.3) is 11.4 Å². The molecule has 0 spiro atoms. The summed E-state index contributed by atoms with van der Waals surface area (Å²) in [5, 5.41) is 7.26. The molecule has 23 heavy (non-hydrogen) atoms. The molecule has 2 aromatic carbocycles. The van der Waals surface area contributed by atoms with Gasteiger partial charge in [-0.3, -0.25) is 0 Å².